The molecule has 3 N–H and O–H groups in total. The predicted octanol–water partition coefficient (Wildman–Crippen LogP) is -0.373. The van der Waals surface area contributed by atoms with Crippen molar-refractivity contribution in [3.8, 4) is 0 Å². The molecule has 0 aromatic rings. The summed E-state index contributed by atoms with van der Waals surface area (Å²) in [5, 5.41) is 8.29. The fourth-order valence-corrected chi connectivity index (χ4v) is 1.02. The van der Waals surface area contributed by atoms with Crippen molar-refractivity contribution < 1.29 is 9.59 Å². The van der Waals surface area contributed by atoms with Crippen LogP contribution in [0.5, 0.6) is 0 Å². The van der Waals surface area contributed by atoms with Gasteiger partial charge in [0, 0.05) is 19.0 Å². The van der Waals surface area contributed by atoms with Crippen molar-refractivity contribution >= 4 is 11.8 Å². The van der Waals surface area contributed by atoms with Gasteiger partial charge in [0.2, 0.25) is 11.8 Å². The van der Waals surface area contributed by atoms with E-state index in [0.29, 0.717) is 13.0 Å². The Labute approximate surface area is 91.0 Å². The Bertz CT molecular complexity index is 205. The Balaban J connectivity index is 3.49. The van der Waals surface area contributed by atoms with E-state index >= 15 is 0 Å². The number of carbonyl (C=O) groups is 2. The van der Waals surface area contributed by atoms with Gasteiger partial charge in [-0.1, -0.05) is 6.92 Å². The van der Waals surface area contributed by atoms with E-state index in [-0.39, 0.29) is 24.4 Å². The third-order valence-corrected chi connectivity index (χ3v) is 1.67. The Kier molecular flexibility index (Phi) is 7.62. The van der Waals surface area contributed by atoms with E-state index in [0.717, 1.165) is 6.54 Å². The molecule has 0 aromatic carbocycles. The summed E-state index contributed by atoms with van der Waals surface area (Å²) in [6, 6.07) is 0.108. The molecule has 0 aliphatic heterocycles. The Hall–Kier alpha value is -1.10. The molecule has 0 radical (unpaired) electrons. The molecule has 0 aliphatic rings. The lowest BCUT2D eigenvalue weighted by atomic mass is 10.3. The molecule has 5 heteroatoms. The molecule has 0 atom stereocenters. The number of carbonyl (C=O) groups excluding carboxylic acids is 2. The largest absolute Gasteiger partial charge is 0.352 e. The van der Waals surface area contributed by atoms with Gasteiger partial charge in [-0.05, 0) is 20.4 Å². The molecule has 88 valence electrons. The van der Waals surface area contributed by atoms with Crippen molar-refractivity contribution in [1.29, 1.82) is 0 Å². The van der Waals surface area contributed by atoms with Crippen molar-refractivity contribution in [3.63, 3.8) is 0 Å². The van der Waals surface area contributed by atoms with Gasteiger partial charge in [0.1, 0.15) is 0 Å². The monoisotopic (exact) mass is 215 g/mol. The van der Waals surface area contributed by atoms with Gasteiger partial charge >= 0.3 is 0 Å². The summed E-state index contributed by atoms with van der Waals surface area (Å²) in [5.41, 5.74) is 0. The summed E-state index contributed by atoms with van der Waals surface area (Å²) in [4.78, 5) is 22.3. The SMILES string of the molecule is CCNCCC(=O)NCC(=O)NC(C)C. The van der Waals surface area contributed by atoms with Gasteiger partial charge in [-0.2, -0.15) is 0 Å². The fourth-order valence-electron chi connectivity index (χ4n) is 1.02. The van der Waals surface area contributed by atoms with Gasteiger partial charge in [0.25, 0.3) is 0 Å². The molecule has 0 saturated carbocycles. The van der Waals surface area contributed by atoms with E-state index in [4.69, 9.17) is 0 Å². The molecule has 0 fully saturated rings. The highest BCUT2D eigenvalue weighted by Crippen LogP contribution is 1.79. The maximum atomic E-state index is 11.2. The van der Waals surface area contributed by atoms with Crippen LogP contribution in [0.3, 0.4) is 0 Å². The minimum Gasteiger partial charge on any atom is -0.352 e. The topological polar surface area (TPSA) is 70.2 Å². The van der Waals surface area contributed by atoms with Crippen LogP contribution in [0.25, 0.3) is 0 Å². The molecule has 5 nitrogen and oxygen atoms in total. The van der Waals surface area contributed by atoms with E-state index in [1.165, 1.54) is 0 Å². The lowest BCUT2D eigenvalue weighted by Crippen LogP contribution is -2.40. The van der Waals surface area contributed by atoms with Gasteiger partial charge in [0.05, 0.1) is 6.54 Å². The molecule has 0 saturated heterocycles. The van der Waals surface area contributed by atoms with Crippen LogP contribution in [0.2, 0.25) is 0 Å². The number of hydrogen-bond donors (Lipinski definition) is 3. The molecule has 0 spiro atoms. The van der Waals surface area contributed by atoms with Gasteiger partial charge in [0.15, 0.2) is 0 Å². The Morgan fingerprint density at radius 1 is 1.20 bits per heavy atom. The van der Waals surface area contributed by atoms with Crippen LogP contribution in [-0.2, 0) is 9.59 Å². The van der Waals surface area contributed by atoms with Crippen LogP contribution in [0.4, 0.5) is 0 Å². The second kappa shape index (κ2) is 8.23. The van der Waals surface area contributed by atoms with E-state index in [9.17, 15) is 9.59 Å². The Morgan fingerprint density at radius 2 is 1.87 bits per heavy atom. The minimum atomic E-state index is -0.151. The van der Waals surface area contributed by atoms with Crippen molar-refractivity contribution in [1.82, 2.24) is 16.0 Å². The summed E-state index contributed by atoms with van der Waals surface area (Å²) in [7, 11) is 0. The molecule has 0 aromatic heterocycles. The third-order valence-electron chi connectivity index (χ3n) is 1.67. The Morgan fingerprint density at radius 3 is 2.40 bits per heavy atom. The highest BCUT2D eigenvalue weighted by atomic mass is 16.2. The minimum absolute atomic E-state index is 0.0587. The van der Waals surface area contributed by atoms with Crippen LogP contribution in [0.1, 0.15) is 27.2 Å². The van der Waals surface area contributed by atoms with Crippen LogP contribution >= 0.6 is 0 Å². The van der Waals surface area contributed by atoms with Crippen molar-refractivity contribution in [3.05, 3.63) is 0 Å². The summed E-state index contributed by atoms with van der Waals surface area (Å²) < 4.78 is 0. The summed E-state index contributed by atoms with van der Waals surface area (Å²) in [5.74, 6) is -0.253. The molecule has 0 aliphatic carbocycles. The number of rotatable bonds is 7. The van der Waals surface area contributed by atoms with Gasteiger partial charge < -0.3 is 16.0 Å². The van der Waals surface area contributed by atoms with E-state index in [1.54, 1.807) is 0 Å². The van der Waals surface area contributed by atoms with E-state index in [2.05, 4.69) is 16.0 Å². The lowest BCUT2D eigenvalue weighted by molar-refractivity contribution is -0.126. The van der Waals surface area contributed by atoms with Crippen molar-refractivity contribution in [2.24, 2.45) is 0 Å². The summed E-state index contributed by atoms with van der Waals surface area (Å²) in [6.45, 7) is 7.29. The molecule has 15 heavy (non-hydrogen) atoms. The molecule has 0 heterocycles. The first-order valence-corrected chi connectivity index (χ1v) is 5.33. The number of hydrogen-bond acceptors (Lipinski definition) is 3. The normalized spacial score (nSPS) is 10.1. The summed E-state index contributed by atoms with van der Waals surface area (Å²) >= 11 is 0. The first-order chi connectivity index (χ1) is 7.06. The molecular formula is C10H21N3O2. The first kappa shape index (κ1) is 13.9. The van der Waals surface area contributed by atoms with Gasteiger partial charge in [-0.25, -0.2) is 0 Å². The lowest BCUT2D eigenvalue weighted by Gasteiger charge is -2.09. The number of nitrogens with one attached hydrogen (secondary N) is 3. The molecule has 0 rings (SSSR count). The number of amides is 2. The molecule has 2 amide bonds. The summed E-state index contributed by atoms with van der Waals surface area (Å²) in [6.07, 6.45) is 0.406. The maximum absolute atomic E-state index is 11.2. The molecule has 0 bridgehead atoms. The quantitative estimate of drug-likeness (QED) is 0.507. The van der Waals surface area contributed by atoms with Gasteiger partial charge in [-0.3, -0.25) is 9.59 Å². The first-order valence-electron chi connectivity index (χ1n) is 5.33. The van der Waals surface area contributed by atoms with Gasteiger partial charge in [-0.15, -0.1) is 0 Å². The highest BCUT2D eigenvalue weighted by Gasteiger charge is 2.05. The molecular weight excluding hydrogens is 194 g/mol. The highest BCUT2D eigenvalue weighted by molar-refractivity contribution is 5.84. The second-order valence-electron chi connectivity index (χ2n) is 3.60. The van der Waals surface area contributed by atoms with E-state index in [1.807, 2.05) is 20.8 Å². The second-order valence-corrected chi connectivity index (χ2v) is 3.60. The zero-order valence-corrected chi connectivity index (χ0v) is 9.72. The van der Waals surface area contributed by atoms with E-state index < -0.39 is 0 Å². The standard InChI is InChI=1S/C10H21N3O2/c1-4-11-6-5-9(14)12-7-10(15)13-8(2)3/h8,11H,4-7H2,1-3H3,(H,12,14)(H,13,15). The van der Waals surface area contributed by atoms with Crippen molar-refractivity contribution in [2.75, 3.05) is 19.6 Å². The van der Waals surface area contributed by atoms with Crippen LogP contribution in [0, 0.1) is 0 Å². The van der Waals surface area contributed by atoms with Crippen LogP contribution in [0.15, 0.2) is 0 Å². The molecule has 0 unspecified atom stereocenters. The van der Waals surface area contributed by atoms with Crippen LogP contribution < -0.4 is 16.0 Å². The van der Waals surface area contributed by atoms with Crippen molar-refractivity contribution in [2.45, 2.75) is 33.2 Å². The fraction of sp³-hybridized carbons (Fsp3) is 0.800. The zero-order valence-electron chi connectivity index (χ0n) is 9.72. The predicted molar refractivity (Wildman–Crippen MR) is 59.4 cm³/mol. The third kappa shape index (κ3) is 9.21. The maximum Gasteiger partial charge on any atom is 0.239 e. The average molecular weight is 215 g/mol. The smallest absolute Gasteiger partial charge is 0.239 e. The zero-order chi connectivity index (χ0) is 11.7. The van der Waals surface area contributed by atoms with Crippen LogP contribution in [-0.4, -0.2) is 37.5 Å². The average Bonchev–Trinajstić information content (AvgIpc) is 2.14.